The Hall–Kier alpha value is -1.39. The molecule has 3 atom stereocenters. The molecule has 0 bridgehead atoms. The highest BCUT2D eigenvalue weighted by atomic mass is 16.5. The smallest absolute Gasteiger partial charge is 0.240 e. The van der Waals surface area contributed by atoms with E-state index in [1.807, 2.05) is 0 Å². The maximum atomic E-state index is 13.3. The third kappa shape index (κ3) is 4.42. The average Bonchev–Trinajstić information content (AvgIpc) is 3.02. The number of benzene rings is 1. The largest absolute Gasteiger partial charge is 0.381 e. The lowest BCUT2D eigenvalue weighted by Gasteiger charge is -2.34. The third-order valence-electron chi connectivity index (χ3n) is 5.70. The van der Waals surface area contributed by atoms with Crippen molar-refractivity contribution in [2.75, 3.05) is 19.8 Å². The fourth-order valence-electron chi connectivity index (χ4n) is 4.15. The van der Waals surface area contributed by atoms with Crippen molar-refractivity contribution in [3.05, 3.63) is 35.9 Å². The van der Waals surface area contributed by atoms with E-state index in [9.17, 15) is 4.79 Å². The second kappa shape index (κ2) is 8.33. The Morgan fingerprint density at radius 1 is 1.20 bits per heavy atom. The lowest BCUT2D eigenvalue weighted by atomic mass is 9.97. The maximum Gasteiger partial charge on any atom is 0.240 e. The van der Waals surface area contributed by atoms with Crippen LogP contribution >= 0.6 is 0 Å². The van der Waals surface area contributed by atoms with E-state index in [4.69, 9.17) is 4.74 Å². The van der Waals surface area contributed by atoms with Crippen LogP contribution in [-0.4, -0.2) is 48.7 Å². The van der Waals surface area contributed by atoms with Gasteiger partial charge in [-0.3, -0.25) is 4.79 Å². The molecule has 0 saturated carbocycles. The summed E-state index contributed by atoms with van der Waals surface area (Å²) in [6, 6.07) is 11.2. The van der Waals surface area contributed by atoms with E-state index in [0.29, 0.717) is 23.9 Å². The molecule has 0 radical (unpaired) electrons. The summed E-state index contributed by atoms with van der Waals surface area (Å²) < 4.78 is 5.45. The molecule has 1 amide bonds. The highest BCUT2D eigenvalue weighted by Crippen LogP contribution is 2.32. The number of nitrogens with one attached hydrogen (secondary N) is 1. The lowest BCUT2D eigenvalue weighted by Crippen LogP contribution is -2.54. The minimum absolute atomic E-state index is 0.0972. The monoisotopic (exact) mass is 344 g/mol. The molecular formula is C21H32N2O2. The lowest BCUT2D eigenvalue weighted by molar-refractivity contribution is -0.135. The zero-order valence-corrected chi connectivity index (χ0v) is 15.8. The summed E-state index contributed by atoms with van der Waals surface area (Å²) in [5.41, 5.74) is 1.35. The van der Waals surface area contributed by atoms with Gasteiger partial charge in [-0.25, -0.2) is 0 Å². The minimum Gasteiger partial charge on any atom is -0.381 e. The first-order valence-electron chi connectivity index (χ1n) is 9.75. The predicted octanol–water partition coefficient (Wildman–Crippen LogP) is 3.18. The molecule has 25 heavy (non-hydrogen) atoms. The topological polar surface area (TPSA) is 41.6 Å². The van der Waals surface area contributed by atoms with Crippen molar-refractivity contribution in [1.29, 1.82) is 0 Å². The van der Waals surface area contributed by atoms with Crippen LogP contribution < -0.4 is 5.32 Å². The Morgan fingerprint density at radius 3 is 2.52 bits per heavy atom. The minimum atomic E-state index is -0.0972. The molecule has 3 rings (SSSR count). The number of carbonyl (C=O) groups excluding carboxylic acids is 1. The number of carbonyl (C=O) groups is 1. The molecule has 1 aromatic rings. The molecule has 4 heteroatoms. The first kappa shape index (κ1) is 18.4. The van der Waals surface area contributed by atoms with Crippen molar-refractivity contribution >= 4 is 5.91 Å². The molecule has 0 aromatic heterocycles. The van der Waals surface area contributed by atoms with Crippen LogP contribution in [0.1, 0.15) is 51.5 Å². The van der Waals surface area contributed by atoms with Gasteiger partial charge in [-0.1, -0.05) is 44.2 Å². The average molecular weight is 344 g/mol. The number of nitrogens with zero attached hydrogens (tertiary/aromatic N) is 1. The Kier molecular flexibility index (Phi) is 6.13. The first-order chi connectivity index (χ1) is 12.1. The van der Waals surface area contributed by atoms with Gasteiger partial charge in [0.15, 0.2) is 0 Å². The van der Waals surface area contributed by atoms with Gasteiger partial charge in [-0.15, -0.1) is 0 Å². The van der Waals surface area contributed by atoms with E-state index in [-0.39, 0.29) is 11.9 Å². The summed E-state index contributed by atoms with van der Waals surface area (Å²) in [6.07, 6.45) is 3.05. The van der Waals surface area contributed by atoms with E-state index >= 15 is 0 Å². The number of rotatable bonds is 5. The normalized spacial score (nSPS) is 26.2. The van der Waals surface area contributed by atoms with Gasteiger partial charge in [0.25, 0.3) is 0 Å². The summed E-state index contributed by atoms with van der Waals surface area (Å²) in [7, 11) is 0. The van der Waals surface area contributed by atoms with Crippen molar-refractivity contribution in [3.63, 3.8) is 0 Å². The predicted molar refractivity (Wildman–Crippen MR) is 101 cm³/mol. The van der Waals surface area contributed by atoms with Gasteiger partial charge in [0.05, 0.1) is 6.04 Å². The van der Waals surface area contributed by atoms with Crippen LogP contribution in [-0.2, 0) is 9.53 Å². The third-order valence-corrected chi connectivity index (χ3v) is 5.70. The summed E-state index contributed by atoms with van der Waals surface area (Å²) in [5, 5.41) is 3.64. The Balaban J connectivity index is 1.66. The number of hydrogen-bond acceptors (Lipinski definition) is 3. The van der Waals surface area contributed by atoms with Crippen LogP contribution in [0.5, 0.6) is 0 Å². The van der Waals surface area contributed by atoms with Gasteiger partial charge >= 0.3 is 0 Å². The van der Waals surface area contributed by atoms with Gasteiger partial charge in [0, 0.05) is 37.8 Å². The van der Waals surface area contributed by atoms with Crippen LogP contribution in [0.4, 0.5) is 0 Å². The van der Waals surface area contributed by atoms with E-state index in [1.54, 1.807) is 0 Å². The molecular weight excluding hydrogens is 312 g/mol. The highest BCUT2D eigenvalue weighted by Gasteiger charge is 2.37. The fraction of sp³-hybridized carbons (Fsp3) is 0.667. The van der Waals surface area contributed by atoms with Crippen LogP contribution in [0, 0.1) is 5.92 Å². The van der Waals surface area contributed by atoms with Crippen molar-refractivity contribution in [3.8, 4) is 0 Å². The van der Waals surface area contributed by atoms with Gasteiger partial charge in [-0.05, 0) is 37.7 Å². The number of ether oxygens (including phenoxy) is 1. The molecule has 2 saturated heterocycles. The fourth-order valence-corrected chi connectivity index (χ4v) is 4.15. The number of likely N-dealkylation sites (tertiary alicyclic amines) is 1. The van der Waals surface area contributed by atoms with Gasteiger partial charge in [-0.2, -0.15) is 0 Å². The summed E-state index contributed by atoms with van der Waals surface area (Å²) in [4.78, 5) is 15.4. The van der Waals surface area contributed by atoms with E-state index < -0.39 is 0 Å². The van der Waals surface area contributed by atoms with Crippen molar-refractivity contribution in [2.24, 2.45) is 5.92 Å². The van der Waals surface area contributed by atoms with Crippen molar-refractivity contribution in [1.82, 2.24) is 10.2 Å². The molecule has 2 aliphatic rings. The summed E-state index contributed by atoms with van der Waals surface area (Å²) >= 11 is 0. The zero-order chi connectivity index (χ0) is 17.8. The highest BCUT2D eigenvalue weighted by molar-refractivity contribution is 5.83. The van der Waals surface area contributed by atoms with E-state index in [1.165, 1.54) is 5.56 Å². The standard InChI is InChI=1S/C21H32N2O2/c1-15(2)20(22-19-9-11-25-12-10-19)21(24)23-14-18(13-16(23)3)17-7-5-4-6-8-17/h4-8,15-16,18-20,22H,9-14H2,1-3H3. The Morgan fingerprint density at radius 2 is 1.88 bits per heavy atom. The van der Waals surface area contributed by atoms with Gasteiger partial charge in [0.2, 0.25) is 5.91 Å². The molecule has 2 heterocycles. The number of amides is 1. The molecule has 1 N–H and O–H groups in total. The second-order valence-corrected chi connectivity index (χ2v) is 7.96. The number of hydrogen-bond donors (Lipinski definition) is 1. The van der Waals surface area contributed by atoms with Crippen molar-refractivity contribution < 1.29 is 9.53 Å². The van der Waals surface area contributed by atoms with Crippen molar-refractivity contribution in [2.45, 2.75) is 64.1 Å². The van der Waals surface area contributed by atoms with Crippen LogP contribution in [0.3, 0.4) is 0 Å². The van der Waals surface area contributed by atoms with Crippen LogP contribution in [0.2, 0.25) is 0 Å². The molecule has 138 valence electrons. The summed E-state index contributed by atoms with van der Waals surface area (Å²) in [5.74, 6) is 1.02. The molecule has 1 aromatic carbocycles. The van der Waals surface area contributed by atoms with Gasteiger partial charge < -0.3 is 15.0 Å². The van der Waals surface area contributed by atoms with Crippen LogP contribution in [0.15, 0.2) is 30.3 Å². The van der Waals surface area contributed by atoms with Crippen LogP contribution in [0.25, 0.3) is 0 Å². The first-order valence-corrected chi connectivity index (χ1v) is 9.75. The Labute approximate surface area is 151 Å². The zero-order valence-electron chi connectivity index (χ0n) is 15.8. The molecule has 4 nitrogen and oxygen atoms in total. The Bertz CT molecular complexity index is 554. The quantitative estimate of drug-likeness (QED) is 0.892. The SMILES string of the molecule is CC(C)C(NC1CCOCC1)C(=O)N1CC(c2ccccc2)CC1C. The maximum absolute atomic E-state index is 13.3. The molecule has 2 aliphatic heterocycles. The second-order valence-electron chi connectivity index (χ2n) is 7.96. The summed E-state index contributed by atoms with van der Waals surface area (Å²) in [6.45, 7) is 8.91. The molecule has 3 unspecified atom stereocenters. The molecule has 2 fully saturated rings. The van der Waals surface area contributed by atoms with E-state index in [2.05, 4.69) is 61.3 Å². The van der Waals surface area contributed by atoms with Gasteiger partial charge in [0.1, 0.15) is 0 Å². The molecule has 0 spiro atoms. The van der Waals surface area contributed by atoms with E-state index in [0.717, 1.165) is 39.0 Å². The molecule has 0 aliphatic carbocycles.